The molecular formula is C18H22N4O2. The van der Waals surface area contributed by atoms with Crippen LogP contribution in [0.4, 0.5) is 0 Å². The van der Waals surface area contributed by atoms with E-state index in [0.29, 0.717) is 23.7 Å². The Balaban J connectivity index is 1.50. The third-order valence-electron chi connectivity index (χ3n) is 4.41. The number of aromatic amines is 1. The molecule has 1 fully saturated rings. The van der Waals surface area contributed by atoms with Crippen LogP contribution in [0.2, 0.25) is 0 Å². The highest BCUT2D eigenvalue weighted by Crippen LogP contribution is 2.25. The number of aromatic nitrogens is 2. The van der Waals surface area contributed by atoms with Gasteiger partial charge in [0, 0.05) is 12.0 Å². The average molecular weight is 326 g/mol. The van der Waals surface area contributed by atoms with Gasteiger partial charge in [-0.15, -0.1) is 0 Å². The molecule has 1 heterocycles. The van der Waals surface area contributed by atoms with Crippen LogP contribution >= 0.6 is 0 Å². The van der Waals surface area contributed by atoms with Gasteiger partial charge in [-0.1, -0.05) is 49.6 Å². The fourth-order valence-electron chi connectivity index (χ4n) is 3.09. The third kappa shape index (κ3) is 4.22. The fourth-order valence-corrected chi connectivity index (χ4v) is 3.09. The molecule has 1 aliphatic rings. The zero-order chi connectivity index (χ0) is 16.8. The Kier molecular flexibility index (Phi) is 5.25. The molecule has 3 rings (SSSR count). The number of amides is 2. The number of nitrogens with one attached hydrogen (secondary N) is 3. The Morgan fingerprint density at radius 3 is 2.58 bits per heavy atom. The van der Waals surface area contributed by atoms with E-state index < -0.39 is 5.91 Å². The summed E-state index contributed by atoms with van der Waals surface area (Å²) < 4.78 is 0. The Morgan fingerprint density at radius 1 is 1.08 bits per heavy atom. The molecule has 1 aromatic heterocycles. The lowest BCUT2D eigenvalue weighted by Crippen LogP contribution is -2.42. The van der Waals surface area contributed by atoms with E-state index in [1.54, 1.807) is 6.07 Å². The third-order valence-corrected chi connectivity index (χ3v) is 4.41. The summed E-state index contributed by atoms with van der Waals surface area (Å²) in [6.45, 7) is 0. The van der Waals surface area contributed by atoms with Gasteiger partial charge >= 0.3 is 0 Å². The van der Waals surface area contributed by atoms with Crippen LogP contribution in [0.3, 0.4) is 0 Å². The molecule has 0 radical (unpaired) electrons. The molecule has 0 atom stereocenters. The summed E-state index contributed by atoms with van der Waals surface area (Å²) in [5.74, 6) is -0.104. The van der Waals surface area contributed by atoms with Gasteiger partial charge in [0.15, 0.2) is 0 Å². The van der Waals surface area contributed by atoms with Gasteiger partial charge in [-0.2, -0.15) is 5.10 Å². The van der Waals surface area contributed by atoms with Crippen LogP contribution in [0.5, 0.6) is 0 Å². The number of benzene rings is 1. The fraction of sp³-hybridized carbons (Fsp3) is 0.389. The van der Waals surface area contributed by atoms with Gasteiger partial charge < -0.3 is 0 Å². The lowest BCUT2D eigenvalue weighted by molar-refractivity contribution is -0.123. The average Bonchev–Trinajstić information content (AvgIpc) is 3.11. The number of carbonyl (C=O) groups excluding carboxylic acids is 2. The minimum Gasteiger partial charge on any atom is -0.273 e. The van der Waals surface area contributed by atoms with E-state index in [9.17, 15) is 9.59 Å². The van der Waals surface area contributed by atoms with Gasteiger partial charge in [-0.05, 0) is 24.8 Å². The lowest BCUT2D eigenvalue weighted by Gasteiger charge is -2.20. The molecule has 2 aromatic rings. The maximum Gasteiger partial charge on any atom is 0.287 e. The predicted octanol–water partition coefficient (Wildman–Crippen LogP) is 2.81. The molecule has 1 aliphatic carbocycles. The number of hydrazine groups is 1. The Morgan fingerprint density at radius 2 is 1.83 bits per heavy atom. The van der Waals surface area contributed by atoms with Gasteiger partial charge in [0.1, 0.15) is 5.69 Å². The molecule has 0 spiro atoms. The summed E-state index contributed by atoms with van der Waals surface area (Å²) in [4.78, 5) is 24.0. The minimum absolute atomic E-state index is 0.141. The normalized spacial score (nSPS) is 15.0. The summed E-state index contributed by atoms with van der Waals surface area (Å²) in [7, 11) is 0. The second kappa shape index (κ2) is 7.77. The largest absolute Gasteiger partial charge is 0.287 e. The van der Waals surface area contributed by atoms with Crippen molar-refractivity contribution < 1.29 is 9.59 Å². The maximum atomic E-state index is 12.1. The second-order valence-electron chi connectivity index (χ2n) is 6.24. The van der Waals surface area contributed by atoms with Crippen LogP contribution in [0, 0.1) is 5.92 Å². The number of rotatable bonds is 4. The Labute approximate surface area is 141 Å². The van der Waals surface area contributed by atoms with E-state index in [2.05, 4.69) is 21.0 Å². The van der Waals surface area contributed by atoms with Crippen LogP contribution in [-0.4, -0.2) is 22.0 Å². The number of hydrogen-bond acceptors (Lipinski definition) is 3. The highest BCUT2D eigenvalue weighted by atomic mass is 16.2. The molecule has 126 valence electrons. The predicted molar refractivity (Wildman–Crippen MR) is 90.8 cm³/mol. The van der Waals surface area contributed by atoms with Crippen LogP contribution in [0.25, 0.3) is 11.3 Å². The van der Waals surface area contributed by atoms with Crippen LogP contribution in [-0.2, 0) is 4.79 Å². The molecule has 1 aromatic carbocycles. The second-order valence-corrected chi connectivity index (χ2v) is 6.24. The quantitative estimate of drug-likeness (QED) is 0.755. The van der Waals surface area contributed by atoms with Gasteiger partial charge in [0.2, 0.25) is 5.91 Å². The van der Waals surface area contributed by atoms with Gasteiger partial charge in [-0.25, -0.2) is 0 Å². The molecule has 24 heavy (non-hydrogen) atoms. The Hall–Kier alpha value is -2.63. The summed E-state index contributed by atoms with van der Waals surface area (Å²) in [5, 5.41) is 6.83. The van der Waals surface area contributed by atoms with E-state index in [1.807, 2.05) is 30.3 Å². The topological polar surface area (TPSA) is 86.9 Å². The van der Waals surface area contributed by atoms with E-state index in [0.717, 1.165) is 18.4 Å². The van der Waals surface area contributed by atoms with Gasteiger partial charge in [-0.3, -0.25) is 25.5 Å². The maximum absolute atomic E-state index is 12.1. The Bertz CT molecular complexity index is 690. The van der Waals surface area contributed by atoms with Crippen molar-refractivity contribution in [3.63, 3.8) is 0 Å². The molecule has 1 saturated carbocycles. The van der Waals surface area contributed by atoms with Crippen LogP contribution in [0.15, 0.2) is 36.4 Å². The van der Waals surface area contributed by atoms with Crippen molar-refractivity contribution in [3.05, 3.63) is 42.1 Å². The number of hydrogen-bond donors (Lipinski definition) is 3. The SMILES string of the molecule is O=C(CC1CCCCC1)NNC(=O)c1cc(-c2ccccc2)n[nH]1. The smallest absolute Gasteiger partial charge is 0.273 e. The zero-order valence-corrected chi connectivity index (χ0v) is 13.5. The lowest BCUT2D eigenvalue weighted by atomic mass is 9.87. The van der Waals surface area contributed by atoms with Crippen molar-refractivity contribution in [1.29, 1.82) is 0 Å². The zero-order valence-electron chi connectivity index (χ0n) is 13.5. The first-order valence-electron chi connectivity index (χ1n) is 8.42. The summed E-state index contributed by atoms with van der Waals surface area (Å²) >= 11 is 0. The monoisotopic (exact) mass is 326 g/mol. The summed E-state index contributed by atoms with van der Waals surface area (Å²) in [6, 6.07) is 11.3. The van der Waals surface area contributed by atoms with Crippen molar-refractivity contribution >= 4 is 11.8 Å². The van der Waals surface area contributed by atoms with Crippen molar-refractivity contribution in [3.8, 4) is 11.3 Å². The minimum atomic E-state index is -0.401. The van der Waals surface area contributed by atoms with Crippen LogP contribution < -0.4 is 10.9 Å². The highest BCUT2D eigenvalue weighted by molar-refractivity contribution is 5.94. The van der Waals surface area contributed by atoms with Gasteiger partial charge in [0.05, 0.1) is 5.69 Å². The van der Waals surface area contributed by atoms with Crippen molar-refractivity contribution in [2.24, 2.45) is 5.92 Å². The first kappa shape index (κ1) is 16.2. The number of nitrogens with zero attached hydrogens (tertiary/aromatic N) is 1. The molecule has 2 amide bonds. The number of H-pyrrole nitrogens is 1. The standard InChI is InChI=1S/C18H22N4O2/c23-17(11-13-7-3-1-4-8-13)21-22-18(24)16-12-15(19-20-16)14-9-5-2-6-10-14/h2,5-6,9-10,12-13H,1,3-4,7-8,11H2,(H,19,20)(H,21,23)(H,22,24). The van der Waals surface area contributed by atoms with Crippen molar-refractivity contribution in [2.45, 2.75) is 38.5 Å². The molecule has 0 aliphatic heterocycles. The number of carbonyl (C=O) groups is 2. The summed E-state index contributed by atoms with van der Waals surface area (Å²) in [5.41, 5.74) is 6.86. The molecule has 0 unspecified atom stereocenters. The van der Waals surface area contributed by atoms with Crippen molar-refractivity contribution in [2.75, 3.05) is 0 Å². The van der Waals surface area contributed by atoms with Crippen molar-refractivity contribution in [1.82, 2.24) is 21.0 Å². The molecule has 6 heteroatoms. The molecule has 0 bridgehead atoms. The van der Waals surface area contributed by atoms with E-state index in [1.165, 1.54) is 19.3 Å². The molecule has 0 saturated heterocycles. The molecular weight excluding hydrogens is 304 g/mol. The van der Waals surface area contributed by atoms with Crippen LogP contribution in [0.1, 0.15) is 49.0 Å². The summed E-state index contributed by atoms with van der Waals surface area (Å²) in [6.07, 6.45) is 6.32. The molecule has 6 nitrogen and oxygen atoms in total. The molecule has 3 N–H and O–H groups in total. The van der Waals surface area contributed by atoms with E-state index in [-0.39, 0.29) is 5.91 Å². The first-order valence-corrected chi connectivity index (χ1v) is 8.42. The first-order chi connectivity index (χ1) is 11.7. The van der Waals surface area contributed by atoms with Gasteiger partial charge in [0.25, 0.3) is 5.91 Å². The highest BCUT2D eigenvalue weighted by Gasteiger charge is 2.18. The van der Waals surface area contributed by atoms with E-state index >= 15 is 0 Å². The van der Waals surface area contributed by atoms with E-state index in [4.69, 9.17) is 0 Å².